The second-order valence-electron chi connectivity index (χ2n) is 3.11. The average Bonchev–Trinajstić information content (AvgIpc) is 2.13. The lowest BCUT2D eigenvalue weighted by atomic mass is 10.3. The van der Waals surface area contributed by atoms with Gasteiger partial charge in [-0.3, -0.25) is 4.90 Å². The van der Waals surface area contributed by atoms with Crippen molar-refractivity contribution < 1.29 is 23.0 Å². The van der Waals surface area contributed by atoms with Gasteiger partial charge in [-0.05, 0) is 27.9 Å². The van der Waals surface area contributed by atoms with E-state index in [9.17, 15) is 13.6 Å². The van der Waals surface area contributed by atoms with E-state index in [1.54, 1.807) is 6.92 Å². The predicted octanol–water partition coefficient (Wildman–Crippen LogP) is 1.11. The fourth-order valence-electron chi connectivity index (χ4n) is 1.06. The number of hydrogen-bond acceptors (Lipinski definition) is 4. The molecule has 0 aromatic heterocycles. The van der Waals surface area contributed by atoms with Crippen LogP contribution in [0.25, 0.3) is 0 Å². The summed E-state index contributed by atoms with van der Waals surface area (Å²) >= 11 is 0. The van der Waals surface area contributed by atoms with E-state index in [4.69, 9.17) is 4.74 Å². The predicted molar refractivity (Wildman–Crippen MR) is 50.7 cm³/mol. The molecule has 0 rings (SSSR count). The minimum absolute atomic E-state index is 0.0826. The first kappa shape index (κ1) is 14.2. The lowest BCUT2D eigenvalue weighted by Crippen LogP contribution is -2.51. The number of carbonyl (C=O) groups excluding carboxylic acids is 1. The molecule has 15 heavy (non-hydrogen) atoms. The van der Waals surface area contributed by atoms with Gasteiger partial charge < -0.3 is 9.47 Å². The summed E-state index contributed by atoms with van der Waals surface area (Å²) in [6.07, 6.45) is -1.60. The molecule has 0 fully saturated rings. The molecule has 1 atom stereocenters. The fourth-order valence-corrected chi connectivity index (χ4v) is 1.06. The summed E-state index contributed by atoms with van der Waals surface area (Å²) in [6, 6.07) is 0. The molecule has 0 aliphatic heterocycles. The van der Waals surface area contributed by atoms with Crippen LogP contribution < -0.4 is 0 Å². The van der Waals surface area contributed by atoms with E-state index < -0.39 is 18.1 Å². The molecule has 0 saturated heterocycles. The first-order chi connectivity index (χ1) is 6.87. The van der Waals surface area contributed by atoms with E-state index in [2.05, 4.69) is 4.74 Å². The molecule has 6 heteroatoms. The first-order valence-electron chi connectivity index (χ1n) is 4.70. The van der Waals surface area contributed by atoms with Gasteiger partial charge in [0.1, 0.15) is 0 Å². The summed E-state index contributed by atoms with van der Waals surface area (Å²) in [4.78, 5) is 12.1. The Balaban J connectivity index is 4.68. The molecule has 0 N–H and O–H groups in total. The maximum atomic E-state index is 13.5. The zero-order valence-electron chi connectivity index (χ0n) is 9.42. The first-order valence-corrected chi connectivity index (χ1v) is 4.70. The second kappa shape index (κ2) is 5.97. The number of nitrogens with zero attached hydrogens (tertiary/aromatic N) is 1. The van der Waals surface area contributed by atoms with Gasteiger partial charge in [0.25, 0.3) is 0 Å². The van der Waals surface area contributed by atoms with Crippen molar-refractivity contribution in [2.24, 2.45) is 0 Å². The van der Waals surface area contributed by atoms with Crippen LogP contribution >= 0.6 is 0 Å². The van der Waals surface area contributed by atoms with Crippen molar-refractivity contribution in [2.45, 2.75) is 26.0 Å². The number of ether oxygens (including phenoxy) is 2. The maximum Gasteiger partial charge on any atom is 0.381 e. The summed E-state index contributed by atoms with van der Waals surface area (Å²) < 4.78 is 36.0. The van der Waals surface area contributed by atoms with Gasteiger partial charge in [-0.25, -0.2) is 4.79 Å². The van der Waals surface area contributed by atoms with Crippen LogP contribution in [0.2, 0.25) is 0 Å². The van der Waals surface area contributed by atoms with E-state index in [1.807, 2.05) is 0 Å². The Morgan fingerprint density at radius 3 is 2.20 bits per heavy atom. The van der Waals surface area contributed by atoms with Crippen LogP contribution in [0.15, 0.2) is 0 Å². The van der Waals surface area contributed by atoms with Crippen LogP contribution in [0, 0.1) is 0 Å². The lowest BCUT2D eigenvalue weighted by Gasteiger charge is -2.29. The van der Waals surface area contributed by atoms with Crippen molar-refractivity contribution in [3.8, 4) is 0 Å². The van der Waals surface area contributed by atoms with E-state index >= 15 is 0 Å². The highest BCUT2D eigenvalue weighted by atomic mass is 19.3. The van der Waals surface area contributed by atoms with Crippen LogP contribution in [0.1, 0.15) is 13.8 Å². The van der Waals surface area contributed by atoms with Crippen LogP contribution in [0.5, 0.6) is 0 Å². The van der Waals surface area contributed by atoms with Gasteiger partial charge in [0.15, 0.2) is 6.23 Å². The minimum atomic E-state index is -3.66. The molecule has 0 saturated carbocycles. The quantitative estimate of drug-likeness (QED) is 0.501. The van der Waals surface area contributed by atoms with E-state index in [1.165, 1.54) is 21.0 Å². The topological polar surface area (TPSA) is 38.8 Å². The Morgan fingerprint density at radius 2 is 1.87 bits per heavy atom. The third-order valence-corrected chi connectivity index (χ3v) is 1.65. The molecule has 0 radical (unpaired) electrons. The normalized spacial score (nSPS) is 14.1. The monoisotopic (exact) mass is 225 g/mol. The van der Waals surface area contributed by atoms with Gasteiger partial charge in [0.05, 0.1) is 6.61 Å². The number of rotatable bonds is 6. The Hall–Kier alpha value is -0.750. The molecular weight excluding hydrogens is 208 g/mol. The number of alkyl halides is 2. The molecule has 0 amide bonds. The van der Waals surface area contributed by atoms with Crippen molar-refractivity contribution in [3.63, 3.8) is 0 Å². The maximum absolute atomic E-state index is 13.5. The van der Waals surface area contributed by atoms with Gasteiger partial charge in [-0.1, -0.05) is 0 Å². The molecule has 90 valence electrons. The smallest absolute Gasteiger partial charge is 0.381 e. The van der Waals surface area contributed by atoms with Crippen molar-refractivity contribution in [1.82, 2.24) is 4.90 Å². The number of hydrogen-bond donors (Lipinski definition) is 0. The highest BCUT2D eigenvalue weighted by Crippen LogP contribution is 2.24. The third-order valence-electron chi connectivity index (χ3n) is 1.65. The molecule has 0 aromatic carbocycles. The second-order valence-corrected chi connectivity index (χ2v) is 3.11. The highest BCUT2D eigenvalue weighted by Gasteiger charge is 2.51. The van der Waals surface area contributed by atoms with Gasteiger partial charge >= 0.3 is 11.9 Å². The van der Waals surface area contributed by atoms with Gasteiger partial charge in [0, 0.05) is 6.61 Å². The zero-order chi connectivity index (χ0) is 12.1. The van der Waals surface area contributed by atoms with Gasteiger partial charge in [0.2, 0.25) is 0 Å². The summed E-state index contributed by atoms with van der Waals surface area (Å²) in [7, 11) is 2.82. The fraction of sp³-hybridized carbons (Fsp3) is 0.889. The molecule has 0 spiro atoms. The molecule has 0 aliphatic carbocycles. The Morgan fingerprint density at radius 1 is 1.33 bits per heavy atom. The molecule has 0 aliphatic rings. The van der Waals surface area contributed by atoms with Crippen LogP contribution in [0.4, 0.5) is 8.78 Å². The summed E-state index contributed by atoms with van der Waals surface area (Å²) in [5, 5.41) is 0. The summed E-state index contributed by atoms with van der Waals surface area (Å²) in [6.45, 7) is 3.07. The SMILES string of the molecule is CCOC(=O)C(F)(F)[C@@H](OCC)N(C)C. The number of esters is 1. The molecule has 0 bridgehead atoms. The Labute approximate surface area is 88.1 Å². The molecule has 4 nitrogen and oxygen atoms in total. The van der Waals surface area contributed by atoms with Crippen LogP contribution in [-0.2, 0) is 14.3 Å². The lowest BCUT2D eigenvalue weighted by molar-refractivity contribution is -0.215. The minimum Gasteiger partial charge on any atom is -0.461 e. The third kappa shape index (κ3) is 3.71. The van der Waals surface area contributed by atoms with Crippen LogP contribution in [0.3, 0.4) is 0 Å². The van der Waals surface area contributed by atoms with Gasteiger partial charge in [-0.2, -0.15) is 8.78 Å². The van der Waals surface area contributed by atoms with Crippen molar-refractivity contribution >= 4 is 5.97 Å². The molecule has 0 aromatic rings. The Bertz CT molecular complexity index is 210. The summed E-state index contributed by atoms with van der Waals surface area (Å²) in [5.41, 5.74) is 0. The average molecular weight is 225 g/mol. The van der Waals surface area contributed by atoms with Crippen LogP contribution in [-0.4, -0.2) is 50.3 Å². The zero-order valence-corrected chi connectivity index (χ0v) is 9.42. The number of carbonyl (C=O) groups is 1. The highest BCUT2D eigenvalue weighted by molar-refractivity contribution is 5.78. The molecular formula is C9H17F2NO3. The van der Waals surface area contributed by atoms with Gasteiger partial charge in [-0.15, -0.1) is 0 Å². The Kier molecular flexibility index (Phi) is 5.67. The van der Waals surface area contributed by atoms with E-state index in [0.29, 0.717) is 0 Å². The molecule has 0 heterocycles. The van der Waals surface area contributed by atoms with Crippen molar-refractivity contribution in [1.29, 1.82) is 0 Å². The number of halogens is 2. The van der Waals surface area contributed by atoms with Crippen molar-refractivity contribution in [2.75, 3.05) is 27.3 Å². The standard InChI is InChI=1S/C9H17F2NO3/c1-5-14-7(12(3)4)9(10,11)8(13)15-6-2/h7H,5-6H2,1-4H3/t7-/m1/s1. The summed E-state index contributed by atoms with van der Waals surface area (Å²) in [5.74, 6) is -5.22. The largest absolute Gasteiger partial charge is 0.461 e. The van der Waals surface area contributed by atoms with E-state index in [-0.39, 0.29) is 13.2 Å². The van der Waals surface area contributed by atoms with Crippen molar-refractivity contribution in [3.05, 3.63) is 0 Å². The van der Waals surface area contributed by atoms with E-state index in [0.717, 1.165) is 4.90 Å². The molecule has 0 unspecified atom stereocenters.